The van der Waals surface area contributed by atoms with Crippen molar-refractivity contribution in [2.75, 3.05) is 23.3 Å². The van der Waals surface area contributed by atoms with Crippen molar-refractivity contribution in [3.63, 3.8) is 0 Å². The van der Waals surface area contributed by atoms with Crippen molar-refractivity contribution in [3.05, 3.63) is 40.7 Å². The number of hydrogen-bond donors (Lipinski definition) is 1. The number of aromatic nitrogens is 5. The van der Waals surface area contributed by atoms with Gasteiger partial charge in [0.05, 0.1) is 11.4 Å². The second-order valence-corrected chi connectivity index (χ2v) is 7.99. The van der Waals surface area contributed by atoms with E-state index in [1.807, 2.05) is 44.4 Å². The van der Waals surface area contributed by atoms with Crippen LogP contribution >= 0.6 is 11.3 Å². The van der Waals surface area contributed by atoms with Gasteiger partial charge in [0.2, 0.25) is 5.91 Å². The molecular formula is C19H23N7OS. The summed E-state index contributed by atoms with van der Waals surface area (Å²) in [6.07, 6.45) is 1.58. The lowest BCUT2D eigenvalue weighted by molar-refractivity contribution is -0.120. The SMILES string of the molecule is Cc1csc(NC(=O)C2CCN(c3ccc(-n4nc(C)cc4C)nn3)CC2)n1. The van der Waals surface area contributed by atoms with Crippen LogP contribution in [-0.4, -0.2) is 44.0 Å². The lowest BCUT2D eigenvalue weighted by Gasteiger charge is -2.31. The molecule has 0 unspecified atom stereocenters. The topological polar surface area (TPSA) is 88.8 Å². The van der Waals surface area contributed by atoms with E-state index in [0.29, 0.717) is 10.9 Å². The minimum absolute atomic E-state index is 0.00221. The van der Waals surface area contributed by atoms with Gasteiger partial charge in [0, 0.05) is 30.1 Å². The average Bonchev–Trinajstić information content (AvgIpc) is 3.26. The number of rotatable bonds is 4. The summed E-state index contributed by atoms with van der Waals surface area (Å²) in [6.45, 7) is 7.44. The van der Waals surface area contributed by atoms with Crippen molar-refractivity contribution in [2.45, 2.75) is 33.6 Å². The molecule has 1 N–H and O–H groups in total. The number of amides is 1. The predicted octanol–water partition coefficient (Wildman–Crippen LogP) is 2.90. The monoisotopic (exact) mass is 397 g/mol. The van der Waals surface area contributed by atoms with Crippen molar-refractivity contribution in [1.82, 2.24) is 25.0 Å². The van der Waals surface area contributed by atoms with Gasteiger partial charge in [0.15, 0.2) is 16.8 Å². The highest BCUT2D eigenvalue weighted by Gasteiger charge is 2.26. The zero-order valence-electron chi connectivity index (χ0n) is 16.2. The largest absolute Gasteiger partial charge is 0.355 e. The summed E-state index contributed by atoms with van der Waals surface area (Å²) < 4.78 is 1.79. The van der Waals surface area contributed by atoms with Crippen LogP contribution in [0, 0.1) is 26.7 Å². The highest BCUT2D eigenvalue weighted by atomic mass is 32.1. The normalized spacial score (nSPS) is 15.0. The van der Waals surface area contributed by atoms with Gasteiger partial charge in [-0.25, -0.2) is 9.67 Å². The Morgan fingerprint density at radius 2 is 1.82 bits per heavy atom. The van der Waals surface area contributed by atoms with Crippen LogP contribution in [0.1, 0.15) is 29.9 Å². The smallest absolute Gasteiger partial charge is 0.229 e. The van der Waals surface area contributed by atoms with Crippen LogP contribution in [0.25, 0.3) is 5.82 Å². The molecule has 9 heteroatoms. The molecule has 28 heavy (non-hydrogen) atoms. The van der Waals surface area contributed by atoms with E-state index in [0.717, 1.165) is 48.8 Å². The Hall–Kier alpha value is -2.81. The van der Waals surface area contributed by atoms with Gasteiger partial charge in [-0.05, 0) is 51.8 Å². The summed E-state index contributed by atoms with van der Waals surface area (Å²) in [5, 5.41) is 18.7. The summed E-state index contributed by atoms with van der Waals surface area (Å²) in [5.41, 5.74) is 2.91. The minimum atomic E-state index is 0.00221. The molecule has 0 aromatic carbocycles. The van der Waals surface area contributed by atoms with Crippen LogP contribution in [-0.2, 0) is 4.79 Å². The number of aryl methyl sites for hydroxylation is 3. The van der Waals surface area contributed by atoms with E-state index in [1.165, 1.54) is 11.3 Å². The number of nitrogens with one attached hydrogen (secondary N) is 1. The Kier molecular flexibility index (Phi) is 5.08. The maximum absolute atomic E-state index is 12.5. The van der Waals surface area contributed by atoms with E-state index in [4.69, 9.17) is 0 Å². The Bertz CT molecular complexity index is 971. The highest BCUT2D eigenvalue weighted by molar-refractivity contribution is 7.13. The molecule has 146 valence electrons. The van der Waals surface area contributed by atoms with E-state index in [-0.39, 0.29) is 11.8 Å². The summed E-state index contributed by atoms with van der Waals surface area (Å²) in [5.74, 6) is 1.60. The number of carbonyl (C=O) groups excluding carboxylic acids is 1. The van der Waals surface area contributed by atoms with Crippen LogP contribution < -0.4 is 10.2 Å². The van der Waals surface area contributed by atoms with Gasteiger partial charge in [-0.2, -0.15) is 5.10 Å². The molecule has 1 aliphatic heterocycles. The number of thiazole rings is 1. The van der Waals surface area contributed by atoms with Gasteiger partial charge in [-0.1, -0.05) is 0 Å². The molecule has 3 aromatic heterocycles. The molecule has 0 bridgehead atoms. The molecule has 0 atom stereocenters. The first-order chi connectivity index (χ1) is 13.5. The van der Waals surface area contributed by atoms with Gasteiger partial charge in [-0.3, -0.25) is 4.79 Å². The number of carbonyl (C=O) groups is 1. The molecule has 1 aliphatic rings. The number of hydrogen-bond acceptors (Lipinski definition) is 7. The van der Waals surface area contributed by atoms with E-state index in [1.54, 1.807) is 4.68 Å². The Morgan fingerprint density at radius 3 is 2.39 bits per heavy atom. The Morgan fingerprint density at radius 1 is 1.11 bits per heavy atom. The van der Waals surface area contributed by atoms with E-state index >= 15 is 0 Å². The molecule has 8 nitrogen and oxygen atoms in total. The van der Waals surface area contributed by atoms with Crippen molar-refractivity contribution in [2.24, 2.45) is 5.92 Å². The first-order valence-electron chi connectivity index (χ1n) is 9.35. The molecule has 0 aliphatic carbocycles. The molecule has 0 saturated carbocycles. The highest BCUT2D eigenvalue weighted by Crippen LogP contribution is 2.24. The van der Waals surface area contributed by atoms with Gasteiger partial charge in [0.25, 0.3) is 0 Å². The van der Waals surface area contributed by atoms with E-state index in [9.17, 15) is 4.79 Å². The molecule has 1 fully saturated rings. The van der Waals surface area contributed by atoms with E-state index < -0.39 is 0 Å². The molecule has 4 heterocycles. The fraction of sp³-hybridized carbons (Fsp3) is 0.421. The third-order valence-corrected chi connectivity index (χ3v) is 5.78. The molecular weight excluding hydrogens is 374 g/mol. The van der Waals surface area contributed by atoms with Crippen LogP contribution in [0.5, 0.6) is 0 Å². The van der Waals surface area contributed by atoms with Crippen LogP contribution in [0.4, 0.5) is 10.9 Å². The fourth-order valence-electron chi connectivity index (χ4n) is 3.45. The predicted molar refractivity (Wildman–Crippen MR) is 109 cm³/mol. The summed E-state index contributed by atoms with van der Waals surface area (Å²) >= 11 is 1.46. The quantitative estimate of drug-likeness (QED) is 0.728. The first kappa shape index (κ1) is 18.5. The second kappa shape index (κ2) is 7.67. The van der Waals surface area contributed by atoms with Crippen LogP contribution in [0.2, 0.25) is 0 Å². The zero-order chi connectivity index (χ0) is 19.7. The molecule has 4 rings (SSSR count). The molecule has 3 aromatic rings. The van der Waals surface area contributed by atoms with E-state index in [2.05, 4.69) is 30.5 Å². The lowest BCUT2D eigenvalue weighted by atomic mass is 9.96. The summed E-state index contributed by atoms with van der Waals surface area (Å²) in [7, 11) is 0. The number of anilines is 2. The molecule has 0 radical (unpaired) electrons. The van der Waals surface area contributed by atoms with Crippen molar-refractivity contribution < 1.29 is 4.79 Å². The fourth-order valence-corrected chi connectivity index (χ4v) is 4.14. The van der Waals surface area contributed by atoms with Gasteiger partial charge in [0.1, 0.15) is 0 Å². The number of nitrogens with zero attached hydrogens (tertiary/aromatic N) is 6. The molecule has 1 amide bonds. The van der Waals surface area contributed by atoms with Crippen LogP contribution in [0.3, 0.4) is 0 Å². The zero-order valence-corrected chi connectivity index (χ0v) is 17.0. The molecule has 0 spiro atoms. The first-order valence-corrected chi connectivity index (χ1v) is 10.2. The standard InChI is InChI=1S/C19H23N7OS/c1-12-10-14(3)26(24-12)17-5-4-16(22-23-17)25-8-6-15(7-9-25)18(27)21-19-20-13(2)11-28-19/h4-5,10-11,15H,6-9H2,1-3H3,(H,20,21,27). The minimum Gasteiger partial charge on any atom is -0.355 e. The third-order valence-electron chi connectivity index (χ3n) is 4.90. The summed E-state index contributed by atoms with van der Waals surface area (Å²) in [6, 6.07) is 5.92. The Labute approximate surface area is 167 Å². The van der Waals surface area contributed by atoms with Crippen LogP contribution in [0.15, 0.2) is 23.6 Å². The van der Waals surface area contributed by atoms with Gasteiger partial charge >= 0.3 is 0 Å². The molecule has 1 saturated heterocycles. The average molecular weight is 398 g/mol. The lowest BCUT2D eigenvalue weighted by Crippen LogP contribution is -2.38. The van der Waals surface area contributed by atoms with Crippen molar-refractivity contribution in [1.29, 1.82) is 0 Å². The number of piperidine rings is 1. The van der Waals surface area contributed by atoms with Gasteiger partial charge in [-0.15, -0.1) is 21.5 Å². The van der Waals surface area contributed by atoms with Gasteiger partial charge < -0.3 is 10.2 Å². The van der Waals surface area contributed by atoms with Crippen molar-refractivity contribution in [3.8, 4) is 5.82 Å². The maximum Gasteiger partial charge on any atom is 0.229 e. The third kappa shape index (κ3) is 3.89. The van der Waals surface area contributed by atoms with Crippen molar-refractivity contribution >= 4 is 28.2 Å². The Balaban J connectivity index is 1.36. The summed E-state index contributed by atoms with van der Waals surface area (Å²) in [4.78, 5) is 18.9. The maximum atomic E-state index is 12.5. The second-order valence-electron chi connectivity index (χ2n) is 7.13.